The molecular formula is C10H20N2. The van der Waals surface area contributed by atoms with Crippen molar-refractivity contribution in [2.75, 3.05) is 19.6 Å². The minimum absolute atomic E-state index is 0.102. The van der Waals surface area contributed by atoms with Crippen molar-refractivity contribution in [1.82, 2.24) is 4.90 Å². The van der Waals surface area contributed by atoms with E-state index >= 15 is 0 Å². The monoisotopic (exact) mass is 168 g/mol. The molecule has 2 fully saturated rings. The summed E-state index contributed by atoms with van der Waals surface area (Å²) in [7, 11) is 0. The molecule has 1 atom stereocenters. The standard InChI is InChI=1S/C10H20N2/c1-10(11,9-4-5-9)8-12-6-2-3-7-12/h9H,2-8,11H2,1H3. The topological polar surface area (TPSA) is 29.3 Å². The van der Waals surface area contributed by atoms with Gasteiger partial charge < -0.3 is 10.6 Å². The number of likely N-dealkylation sites (tertiary alicyclic amines) is 1. The van der Waals surface area contributed by atoms with Crippen molar-refractivity contribution in [3.05, 3.63) is 0 Å². The van der Waals surface area contributed by atoms with Crippen molar-refractivity contribution in [3.63, 3.8) is 0 Å². The Kier molecular flexibility index (Phi) is 2.13. The highest BCUT2D eigenvalue weighted by atomic mass is 15.2. The van der Waals surface area contributed by atoms with Gasteiger partial charge >= 0.3 is 0 Å². The van der Waals surface area contributed by atoms with Crippen molar-refractivity contribution in [2.24, 2.45) is 11.7 Å². The van der Waals surface area contributed by atoms with Gasteiger partial charge in [-0.25, -0.2) is 0 Å². The zero-order valence-electron chi connectivity index (χ0n) is 8.05. The van der Waals surface area contributed by atoms with E-state index in [-0.39, 0.29) is 5.54 Å². The van der Waals surface area contributed by atoms with Gasteiger partial charge in [-0.15, -0.1) is 0 Å². The average molecular weight is 168 g/mol. The Hall–Kier alpha value is -0.0800. The zero-order valence-corrected chi connectivity index (χ0v) is 8.05. The molecule has 1 aliphatic carbocycles. The first-order chi connectivity index (χ1) is 5.68. The van der Waals surface area contributed by atoms with Gasteiger partial charge in [-0.2, -0.15) is 0 Å². The number of nitrogens with zero attached hydrogens (tertiary/aromatic N) is 1. The van der Waals surface area contributed by atoms with E-state index < -0.39 is 0 Å². The van der Waals surface area contributed by atoms with Crippen LogP contribution in [0.1, 0.15) is 32.6 Å². The Morgan fingerprint density at radius 1 is 1.33 bits per heavy atom. The average Bonchev–Trinajstić information content (AvgIpc) is 2.74. The van der Waals surface area contributed by atoms with Crippen molar-refractivity contribution < 1.29 is 0 Å². The third-order valence-electron chi connectivity index (χ3n) is 3.27. The van der Waals surface area contributed by atoms with Crippen LogP contribution in [0.25, 0.3) is 0 Å². The van der Waals surface area contributed by atoms with E-state index in [0.29, 0.717) is 0 Å². The third kappa shape index (κ3) is 1.80. The van der Waals surface area contributed by atoms with Crippen LogP contribution in [0, 0.1) is 5.92 Å². The lowest BCUT2D eigenvalue weighted by Gasteiger charge is -2.29. The van der Waals surface area contributed by atoms with Gasteiger partial charge in [0.05, 0.1) is 0 Å². The lowest BCUT2D eigenvalue weighted by Crippen LogP contribution is -2.48. The molecule has 12 heavy (non-hydrogen) atoms. The highest BCUT2D eigenvalue weighted by molar-refractivity contribution is 4.97. The number of rotatable bonds is 3. The third-order valence-corrected chi connectivity index (χ3v) is 3.27. The van der Waals surface area contributed by atoms with Crippen molar-refractivity contribution in [3.8, 4) is 0 Å². The maximum Gasteiger partial charge on any atom is 0.0283 e. The smallest absolute Gasteiger partial charge is 0.0283 e. The Labute approximate surface area is 75.1 Å². The fraction of sp³-hybridized carbons (Fsp3) is 1.00. The lowest BCUT2D eigenvalue weighted by atomic mass is 9.97. The molecule has 0 aromatic rings. The van der Waals surface area contributed by atoms with E-state index in [1.807, 2.05) is 0 Å². The first-order valence-corrected chi connectivity index (χ1v) is 5.20. The molecule has 2 N–H and O–H groups in total. The first-order valence-electron chi connectivity index (χ1n) is 5.20. The van der Waals surface area contributed by atoms with E-state index in [4.69, 9.17) is 5.73 Å². The van der Waals surface area contributed by atoms with Gasteiger partial charge in [0.15, 0.2) is 0 Å². The van der Waals surface area contributed by atoms with E-state index in [0.717, 1.165) is 12.5 Å². The molecule has 2 rings (SSSR count). The predicted octanol–water partition coefficient (Wildman–Crippen LogP) is 1.21. The number of hydrogen-bond acceptors (Lipinski definition) is 2. The molecule has 70 valence electrons. The van der Waals surface area contributed by atoms with Crippen LogP contribution in [0.5, 0.6) is 0 Å². The molecule has 0 radical (unpaired) electrons. The molecule has 0 spiro atoms. The summed E-state index contributed by atoms with van der Waals surface area (Å²) in [5, 5.41) is 0. The minimum Gasteiger partial charge on any atom is -0.324 e. The summed E-state index contributed by atoms with van der Waals surface area (Å²) in [6, 6.07) is 0. The van der Waals surface area contributed by atoms with Crippen LogP contribution >= 0.6 is 0 Å². The predicted molar refractivity (Wildman–Crippen MR) is 51.0 cm³/mol. The van der Waals surface area contributed by atoms with Crippen LogP contribution in [-0.4, -0.2) is 30.1 Å². The molecule has 0 bridgehead atoms. The van der Waals surface area contributed by atoms with Crippen LogP contribution in [0.4, 0.5) is 0 Å². The van der Waals surface area contributed by atoms with Gasteiger partial charge in [-0.1, -0.05) is 0 Å². The van der Waals surface area contributed by atoms with Crippen LogP contribution in [0.2, 0.25) is 0 Å². The van der Waals surface area contributed by atoms with E-state index in [2.05, 4.69) is 11.8 Å². The molecular weight excluding hydrogens is 148 g/mol. The Bertz CT molecular complexity index is 155. The first kappa shape index (κ1) is 8.52. The minimum atomic E-state index is 0.102. The fourth-order valence-corrected chi connectivity index (χ4v) is 2.29. The second-order valence-corrected chi connectivity index (χ2v) is 4.76. The maximum atomic E-state index is 6.26. The molecule has 0 aromatic carbocycles. The van der Waals surface area contributed by atoms with Crippen LogP contribution in [0.15, 0.2) is 0 Å². The summed E-state index contributed by atoms with van der Waals surface area (Å²) in [4.78, 5) is 2.53. The van der Waals surface area contributed by atoms with Gasteiger partial charge in [0, 0.05) is 12.1 Å². The van der Waals surface area contributed by atoms with Crippen LogP contribution in [0.3, 0.4) is 0 Å². The van der Waals surface area contributed by atoms with Crippen LogP contribution in [-0.2, 0) is 0 Å². The van der Waals surface area contributed by atoms with Crippen molar-refractivity contribution >= 4 is 0 Å². The summed E-state index contributed by atoms with van der Waals surface area (Å²) < 4.78 is 0. The summed E-state index contributed by atoms with van der Waals surface area (Å²) in [6.45, 7) is 5.90. The molecule has 2 nitrogen and oxygen atoms in total. The molecule has 0 aromatic heterocycles. The fourth-order valence-electron chi connectivity index (χ4n) is 2.29. The quantitative estimate of drug-likeness (QED) is 0.686. The zero-order chi connectivity index (χ0) is 8.60. The maximum absolute atomic E-state index is 6.26. The second-order valence-electron chi connectivity index (χ2n) is 4.76. The highest BCUT2D eigenvalue weighted by Gasteiger charge is 2.39. The molecule has 1 saturated carbocycles. The molecule has 1 saturated heterocycles. The Morgan fingerprint density at radius 2 is 1.92 bits per heavy atom. The van der Waals surface area contributed by atoms with Gasteiger partial charge in [-0.3, -0.25) is 0 Å². The Balaban J connectivity index is 1.83. The van der Waals surface area contributed by atoms with Gasteiger partial charge in [0.1, 0.15) is 0 Å². The number of nitrogens with two attached hydrogens (primary N) is 1. The van der Waals surface area contributed by atoms with Crippen LogP contribution < -0.4 is 5.73 Å². The number of hydrogen-bond donors (Lipinski definition) is 1. The van der Waals surface area contributed by atoms with Gasteiger partial charge in [0.2, 0.25) is 0 Å². The van der Waals surface area contributed by atoms with E-state index in [9.17, 15) is 0 Å². The summed E-state index contributed by atoms with van der Waals surface area (Å²) in [6.07, 6.45) is 5.48. The SMILES string of the molecule is CC(N)(CN1CCCC1)C1CC1. The Morgan fingerprint density at radius 3 is 2.42 bits per heavy atom. The molecule has 1 heterocycles. The van der Waals surface area contributed by atoms with Gasteiger partial charge in [0.25, 0.3) is 0 Å². The largest absolute Gasteiger partial charge is 0.324 e. The summed E-state index contributed by atoms with van der Waals surface area (Å²) in [5.41, 5.74) is 6.36. The summed E-state index contributed by atoms with van der Waals surface area (Å²) in [5.74, 6) is 0.818. The molecule has 0 amide bonds. The normalized spacial score (nSPS) is 30.5. The lowest BCUT2D eigenvalue weighted by molar-refractivity contribution is 0.239. The molecule has 2 heteroatoms. The second kappa shape index (κ2) is 3.00. The van der Waals surface area contributed by atoms with E-state index in [1.54, 1.807) is 0 Å². The molecule has 1 unspecified atom stereocenters. The highest BCUT2D eigenvalue weighted by Crippen LogP contribution is 2.38. The van der Waals surface area contributed by atoms with E-state index in [1.165, 1.54) is 38.8 Å². The van der Waals surface area contributed by atoms with Gasteiger partial charge in [-0.05, 0) is 51.6 Å². The molecule has 1 aliphatic heterocycles. The molecule has 2 aliphatic rings. The van der Waals surface area contributed by atoms with Crippen molar-refractivity contribution in [1.29, 1.82) is 0 Å². The van der Waals surface area contributed by atoms with Crippen molar-refractivity contribution in [2.45, 2.75) is 38.1 Å². The summed E-state index contributed by atoms with van der Waals surface area (Å²) >= 11 is 0.